The van der Waals surface area contributed by atoms with Gasteiger partial charge >= 0.3 is 5.97 Å². The molecule has 1 aromatic carbocycles. The fraction of sp³-hybridized carbons (Fsp3) is 0.581. The summed E-state index contributed by atoms with van der Waals surface area (Å²) in [5.41, 5.74) is 1.53. The predicted octanol–water partition coefficient (Wildman–Crippen LogP) is 5.20. The van der Waals surface area contributed by atoms with Crippen LogP contribution in [0.5, 0.6) is 5.75 Å². The number of methoxy groups -OCH3 is 2. The summed E-state index contributed by atoms with van der Waals surface area (Å²) >= 11 is 1.23. The van der Waals surface area contributed by atoms with Crippen molar-refractivity contribution in [3.8, 4) is 5.75 Å². The van der Waals surface area contributed by atoms with Crippen molar-refractivity contribution >= 4 is 29.1 Å². The first-order valence-electron chi connectivity index (χ1n) is 14.1. The summed E-state index contributed by atoms with van der Waals surface area (Å²) in [6.07, 6.45) is 8.81. The average Bonchev–Trinajstić information content (AvgIpc) is 3.32. The van der Waals surface area contributed by atoms with Crippen LogP contribution in [0.3, 0.4) is 0 Å². The molecule has 0 bridgehead atoms. The van der Waals surface area contributed by atoms with Crippen LogP contribution in [0.25, 0.3) is 10.9 Å². The van der Waals surface area contributed by atoms with Crippen LogP contribution in [0, 0.1) is 5.41 Å². The number of allylic oxidation sites excluding steroid dienone is 3. The second kappa shape index (κ2) is 18.1. The number of carbonyl (C=O) groups is 1. The topological polar surface area (TPSA) is 74.6 Å². The van der Waals surface area contributed by atoms with Crippen LogP contribution in [-0.4, -0.2) is 101 Å². The van der Waals surface area contributed by atoms with E-state index in [1.807, 2.05) is 62.0 Å². The number of rotatable bonds is 14. The van der Waals surface area contributed by atoms with Gasteiger partial charge in [0.2, 0.25) is 0 Å². The maximum absolute atomic E-state index is 12.6. The Hall–Kier alpha value is -2.50. The van der Waals surface area contributed by atoms with Crippen molar-refractivity contribution in [2.45, 2.75) is 34.1 Å². The third-order valence-corrected chi connectivity index (χ3v) is 7.28. The normalized spacial score (nSPS) is 14.8. The van der Waals surface area contributed by atoms with E-state index in [0.717, 1.165) is 62.8 Å². The molecular formula is C31H49N3O6S. The molecule has 0 aliphatic carbocycles. The molecular weight excluding hydrogens is 542 g/mol. The van der Waals surface area contributed by atoms with E-state index in [0.29, 0.717) is 6.61 Å². The molecule has 1 aliphatic rings. The minimum atomic E-state index is -0.744. The smallest absolute Gasteiger partial charge is 0.313 e. The van der Waals surface area contributed by atoms with Crippen LogP contribution in [0.1, 0.15) is 33.3 Å². The first-order valence-corrected chi connectivity index (χ1v) is 14.8. The number of hydrogen-bond acceptors (Lipinski definition) is 9. The lowest BCUT2D eigenvalue weighted by atomic mass is 9.95. The quantitative estimate of drug-likeness (QED) is 0.128. The van der Waals surface area contributed by atoms with Crippen LogP contribution >= 0.6 is 12.2 Å². The van der Waals surface area contributed by atoms with Gasteiger partial charge in [0.15, 0.2) is 0 Å². The van der Waals surface area contributed by atoms with Gasteiger partial charge in [-0.2, -0.15) is 0 Å². The van der Waals surface area contributed by atoms with Crippen molar-refractivity contribution in [2.75, 3.05) is 80.9 Å². The summed E-state index contributed by atoms with van der Waals surface area (Å²) in [6.45, 7) is 13.2. The Labute approximate surface area is 250 Å². The number of aromatic nitrogens is 1. The number of nitrogens with zero attached hydrogens (tertiary/aromatic N) is 3. The van der Waals surface area contributed by atoms with Gasteiger partial charge in [0.1, 0.15) is 30.3 Å². The molecule has 3 rings (SSSR count). The molecule has 0 radical (unpaired) electrons. The SMILES string of the molecule is C/C=C\C(=C/C)OC.COc1ccc2c(CCN(C)C)cn(SOCC(C)(C)C(=O)OCCN3CCOCC3)c2c1. The van der Waals surface area contributed by atoms with Gasteiger partial charge in [0, 0.05) is 43.8 Å². The number of carbonyl (C=O) groups excluding carboxylic acids is 1. The summed E-state index contributed by atoms with van der Waals surface area (Å²) in [5, 5.41) is 1.18. The van der Waals surface area contributed by atoms with Gasteiger partial charge in [0.05, 0.1) is 45.0 Å². The summed E-state index contributed by atoms with van der Waals surface area (Å²) in [6, 6.07) is 6.08. The third kappa shape index (κ3) is 11.7. The Balaban J connectivity index is 0.000000642. The number of esters is 1. The first kappa shape index (κ1) is 34.7. The molecule has 2 heterocycles. The zero-order chi connectivity index (χ0) is 30.3. The molecule has 10 heteroatoms. The fourth-order valence-electron chi connectivity index (χ4n) is 4.00. The van der Waals surface area contributed by atoms with Crippen molar-refractivity contribution < 1.29 is 27.9 Å². The van der Waals surface area contributed by atoms with E-state index in [-0.39, 0.29) is 12.6 Å². The minimum absolute atomic E-state index is 0.241. The molecule has 230 valence electrons. The van der Waals surface area contributed by atoms with Crippen molar-refractivity contribution in [1.82, 2.24) is 13.8 Å². The zero-order valence-electron chi connectivity index (χ0n) is 26.1. The van der Waals surface area contributed by atoms with Gasteiger partial charge < -0.3 is 23.8 Å². The summed E-state index contributed by atoms with van der Waals surface area (Å²) in [7, 11) is 7.47. The maximum Gasteiger partial charge on any atom is 0.313 e. The summed E-state index contributed by atoms with van der Waals surface area (Å²) < 4.78 is 29.1. The molecule has 1 saturated heterocycles. The van der Waals surface area contributed by atoms with Gasteiger partial charge in [-0.1, -0.05) is 6.08 Å². The van der Waals surface area contributed by atoms with E-state index in [1.54, 1.807) is 14.2 Å². The number of hydrogen-bond donors (Lipinski definition) is 0. The van der Waals surface area contributed by atoms with E-state index >= 15 is 0 Å². The molecule has 9 nitrogen and oxygen atoms in total. The van der Waals surface area contributed by atoms with Gasteiger partial charge in [-0.15, -0.1) is 0 Å². The van der Waals surface area contributed by atoms with Crippen molar-refractivity contribution in [1.29, 1.82) is 0 Å². The van der Waals surface area contributed by atoms with Crippen molar-refractivity contribution in [2.24, 2.45) is 5.41 Å². The molecule has 1 aliphatic heterocycles. The fourth-order valence-corrected chi connectivity index (χ4v) is 4.86. The predicted molar refractivity (Wildman–Crippen MR) is 167 cm³/mol. The molecule has 0 amide bonds. The number of morpholine rings is 1. The third-order valence-electron chi connectivity index (χ3n) is 6.59. The number of benzene rings is 1. The monoisotopic (exact) mass is 591 g/mol. The Morgan fingerprint density at radius 3 is 2.49 bits per heavy atom. The van der Waals surface area contributed by atoms with E-state index in [1.165, 1.54) is 23.2 Å². The highest BCUT2D eigenvalue weighted by Gasteiger charge is 2.30. The summed E-state index contributed by atoms with van der Waals surface area (Å²) in [4.78, 5) is 17.0. The second-order valence-corrected chi connectivity index (χ2v) is 11.4. The lowest BCUT2D eigenvalue weighted by molar-refractivity contribution is -0.156. The minimum Gasteiger partial charge on any atom is -0.497 e. The van der Waals surface area contributed by atoms with Gasteiger partial charge in [-0.25, -0.2) is 0 Å². The first-order chi connectivity index (χ1) is 19.6. The number of ether oxygens (including phenoxy) is 4. The highest BCUT2D eigenvalue weighted by Crippen LogP contribution is 2.31. The molecule has 1 aromatic heterocycles. The standard InChI is InChI=1S/C24H37N3O5S.C7H12O/c1-24(2,23(28)31-15-12-26-10-13-30-14-11-26)18-32-33-27-17-19(8-9-25(3)4)21-7-6-20(29-5)16-22(21)27;1-4-6-7(5-2)8-3/h6-7,16-17H,8-15,18H2,1-5H3;4-6H,1-3H3/b;6-4-,7-5+. The molecule has 0 saturated carbocycles. The zero-order valence-corrected chi connectivity index (χ0v) is 26.9. The van der Waals surface area contributed by atoms with Crippen LogP contribution < -0.4 is 4.74 Å². The Bertz CT molecular complexity index is 1120. The molecule has 0 unspecified atom stereocenters. The highest BCUT2D eigenvalue weighted by atomic mass is 32.2. The van der Waals surface area contributed by atoms with Gasteiger partial charge in [-0.05, 0) is 78.1 Å². The highest BCUT2D eigenvalue weighted by molar-refractivity contribution is 7.93. The van der Waals surface area contributed by atoms with Crippen molar-refractivity contribution in [3.63, 3.8) is 0 Å². The maximum atomic E-state index is 12.6. The molecule has 2 aromatic rings. The van der Waals surface area contributed by atoms with E-state index in [4.69, 9.17) is 23.1 Å². The van der Waals surface area contributed by atoms with Gasteiger partial charge in [0.25, 0.3) is 0 Å². The van der Waals surface area contributed by atoms with E-state index in [9.17, 15) is 4.79 Å². The largest absolute Gasteiger partial charge is 0.497 e. The molecule has 0 N–H and O–H groups in total. The van der Waals surface area contributed by atoms with E-state index < -0.39 is 5.41 Å². The molecule has 0 spiro atoms. The Kier molecular flexibility index (Phi) is 15.3. The lowest BCUT2D eigenvalue weighted by Crippen LogP contribution is -2.39. The molecule has 0 atom stereocenters. The van der Waals surface area contributed by atoms with Gasteiger partial charge in [-0.3, -0.25) is 17.8 Å². The van der Waals surface area contributed by atoms with Crippen LogP contribution in [-0.2, 0) is 29.6 Å². The van der Waals surface area contributed by atoms with Crippen molar-refractivity contribution in [3.05, 3.63) is 53.9 Å². The second-order valence-electron chi connectivity index (χ2n) is 10.6. The Morgan fingerprint density at radius 2 is 1.90 bits per heavy atom. The number of likely N-dealkylation sites (N-methyl/N-ethyl adjacent to an activating group) is 1. The van der Waals surface area contributed by atoms with Crippen LogP contribution in [0.2, 0.25) is 0 Å². The lowest BCUT2D eigenvalue weighted by Gasteiger charge is -2.27. The van der Waals surface area contributed by atoms with E-state index in [2.05, 4.69) is 36.2 Å². The van der Waals surface area contributed by atoms with Crippen LogP contribution in [0.4, 0.5) is 0 Å². The number of fused-ring (bicyclic) bond motifs is 1. The summed E-state index contributed by atoms with van der Waals surface area (Å²) in [5.74, 6) is 1.46. The Morgan fingerprint density at radius 1 is 1.17 bits per heavy atom. The molecule has 41 heavy (non-hydrogen) atoms. The average molecular weight is 592 g/mol. The van der Waals surface area contributed by atoms with Crippen LogP contribution in [0.15, 0.2) is 48.4 Å². The molecule has 1 fully saturated rings.